The van der Waals surface area contributed by atoms with Gasteiger partial charge in [-0.15, -0.1) is 0 Å². The Balaban J connectivity index is 2.71. The quantitative estimate of drug-likeness (QED) is 0.751. The van der Waals surface area contributed by atoms with Gasteiger partial charge in [-0.25, -0.2) is 14.0 Å². The molecular weight excluding hydrogens is 355 g/mol. The van der Waals surface area contributed by atoms with Crippen molar-refractivity contribution in [2.45, 2.75) is 13.0 Å². The van der Waals surface area contributed by atoms with Crippen molar-refractivity contribution in [1.29, 1.82) is 0 Å². The molecule has 1 heterocycles. The third kappa shape index (κ3) is 2.61. The maximum Gasteiger partial charge on any atom is 0.337 e. The Kier molecular flexibility index (Phi) is 4.55. The molecule has 1 aromatic carbocycles. The second-order valence-electron chi connectivity index (χ2n) is 5.01. The van der Waals surface area contributed by atoms with Gasteiger partial charge in [0.05, 0.1) is 18.7 Å². The summed E-state index contributed by atoms with van der Waals surface area (Å²) >= 11 is 3.29. The van der Waals surface area contributed by atoms with Crippen LogP contribution in [0, 0.1) is 5.82 Å². The molecule has 5 nitrogen and oxygen atoms in total. The van der Waals surface area contributed by atoms with Crippen LogP contribution in [0.2, 0.25) is 0 Å². The fraction of sp³-hybridized carbons (Fsp3) is 0.333. The Morgan fingerprint density at radius 3 is 2.59 bits per heavy atom. The summed E-state index contributed by atoms with van der Waals surface area (Å²) < 4.78 is 19.7. The molecular formula is C15H16BrFN2O3. The van der Waals surface area contributed by atoms with Crippen LogP contribution in [0.3, 0.4) is 0 Å². The lowest BCUT2D eigenvalue weighted by Gasteiger charge is -2.39. The standard InChI is InChI=1S/C15H16BrFN2O3/c1-8-12(14(20)22-4)13(19(3)15(21)18(8)2)10-7-9(16)5-6-11(10)17/h5-7,13H,1-4H3/t13-/m1/s1. The summed E-state index contributed by atoms with van der Waals surface area (Å²) in [5, 5.41) is 0. The first-order valence-corrected chi connectivity index (χ1v) is 7.33. The van der Waals surface area contributed by atoms with Crippen LogP contribution in [0.25, 0.3) is 0 Å². The highest BCUT2D eigenvalue weighted by Crippen LogP contribution is 2.38. The highest BCUT2D eigenvalue weighted by molar-refractivity contribution is 9.10. The van der Waals surface area contributed by atoms with Crippen molar-refractivity contribution in [2.24, 2.45) is 0 Å². The normalized spacial score (nSPS) is 18.8. The summed E-state index contributed by atoms with van der Waals surface area (Å²) in [4.78, 5) is 27.1. The molecule has 1 aliphatic heterocycles. The van der Waals surface area contributed by atoms with Crippen molar-refractivity contribution >= 4 is 27.9 Å². The average Bonchev–Trinajstić information content (AvgIpc) is 2.50. The number of hydrogen-bond acceptors (Lipinski definition) is 3. The fourth-order valence-electron chi connectivity index (χ4n) is 2.52. The van der Waals surface area contributed by atoms with Crippen LogP contribution >= 0.6 is 15.9 Å². The molecule has 1 atom stereocenters. The minimum absolute atomic E-state index is 0.234. The molecule has 0 radical (unpaired) electrons. The summed E-state index contributed by atoms with van der Waals surface area (Å²) in [5.74, 6) is -1.08. The van der Waals surface area contributed by atoms with Gasteiger partial charge in [0.15, 0.2) is 0 Å². The number of ether oxygens (including phenoxy) is 1. The Hall–Kier alpha value is -1.89. The predicted molar refractivity (Wildman–Crippen MR) is 82.5 cm³/mol. The largest absolute Gasteiger partial charge is 0.466 e. The second-order valence-corrected chi connectivity index (χ2v) is 5.93. The number of methoxy groups -OCH3 is 1. The molecule has 1 aromatic rings. The number of carbonyl (C=O) groups is 2. The van der Waals surface area contributed by atoms with Crippen LogP contribution in [-0.2, 0) is 9.53 Å². The number of amides is 2. The lowest BCUT2D eigenvalue weighted by molar-refractivity contribution is -0.137. The van der Waals surface area contributed by atoms with E-state index in [0.717, 1.165) is 0 Å². The minimum Gasteiger partial charge on any atom is -0.466 e. The highest BCUT2D eigenvalue weighted by atomic mass is 79.9. The second kappa shape index (κ2) is 6.08. The molecule has 2 rings (SSSR count). The number of carbonyl (C=O) groups excluding carboxylic acids is 2. The van der Waals surface area contributed by atoms with E-state index in [1.54, 1.807) is 26.1 Å². The highest BCUT2D eigenvalue weighted by Gasteiger charge is 2.40. The van der Waals surface area contributed by atoms with Crippen LogP contribution in [0.15, 0.2) is 33.9 Å². The topological polar surface area (TPSA) is 49.9 Å². The molecule has 0 unspecified atom stereocenters. The van der Waals surface area contributed by atoms with Gasteiger partial charge in [-0.1, -0.05) is 15.9 Å². The van der Waals surface area contributed by atoms with Gasteiger partial charge in [0, 0.05) is 29.8 Å². The Labute approximate surface area is 136 Å². The molecule has 0 saturated heterocycles. The zero-order valence-electron chi connectivity index (χ0n) is 12.7. The van der Waals surface area contributed by atoms with E-state index in [-0.39, 0.29) is 17.2 Å². The Morgan fingerprint density at radius 2 is 2.00 bits per heavy atom. The molecule has 22 heavy (non-hydrogen) atoms. The number of allylic oxidation sites excluding steroid dienone is 1. The Bertz CT molecular complexity index is 675. The lowest BCUT2D eigenvalue weighted by atomic mass is 9.93. The van der Waals surface area contributed by atoms with Gasteiger partial charge < -0.3 is 14.5 Å². The van der Waals surface area contributed by atoms with E-state index in [4.69, 9.17) is 4.74 Å². The van der Waals surface area contributed by atoms with Crippen LogP contribution in [0.1, 0.15) is 18.5 Å². The molecule has 1 aliphatic rings. The number of rotatable bonds is 2. The first-order valence-electron chi connectivity index (χ1n) is 6.54. The number of benzene rings is 1. The summed E-state index contributed by atoms with van der Waals surface area (Å²) in [6.07, 6.45) is 0. The molecule has 2 amide bonds. The molecule has 0 fully saturated rings. The number of halogens is 2. The van der Waals surface area contributed by atoms with Crippen molar-refractivity contribution in [3.8, 4) is 0 Å². The van der Waals surface area contributed by atoms with Gasteiger partial charge in [0.1, 0.15) is 5.82 Å². The molecule has 118 valence electrons. The third-order valence-electron chi connectivity index (χ3n) is 3.80. The van der Waals surface area contributed by atoms with Gasteiger partial charge in [0.25, 0.3) is 0 Å². The van der Waals surface area contributed by atoms with Gasteiger partial charge in [-0.3, -0.25) is 0 Å². The van der Waals surface area contributed by atoms with Crippen LogP contribution in [0.4, 0.5) is 9.18 Å². The van der Waals surface area contributed by atoms with Gasteiger partial charge >= 0.3 is 12.0 Å². The summed E-state index contributed by atoms with van der Waals surface area (Å²) in [6.45, 7) is 1.64. The van der Waals surface area contributed by atoms with Crippen molar-refractivity contribution in [3.63, 3.8) is 0 Å². The molecule has 0 N–H and O–H groups in total. The van der Waals surface area contributed by atoms with Crippen molar-refractivity contribution in [3.05, 3.63) is 45.3 Å². The smallest absolute Gasteiger partial charge is 0.337 e. The van der Waals surface area contributed by atoms with E-state index in [1.165, 1.54) is 30.0 Å². The lowest BCUT2D eigenvalue weighted by Crippen LogP contribution is -2.47. The average molecular weight is 371 g/mol. The summed E-state index contributed by atoms with van der Waals surface area (Å²) in [6, 6.07) is 3.25. The zero-order chi connectivity index (χ0) is 16.6. The van der Waals surface area contributed by atoms with E-state index in [1.807, 2.05) is 0 Å². The van der Waals surface area contributed by atoms with Crippen LogP contribution in [0.5, 0.6) is 0 Å². The minimum atomic E-state index is -0.839. The van der Waals surface area contributed by atoms with E-state index >= 15 is 0 Å². The SMILES string of the molecule is COC(=O)C1=C(C)N(C)C(=O)N(C)[C@@H]1c1cc(Br)ccc1F. The van der Waals surface area contributed by atoms with E-state index < -0.39 is 17.8 Å². The van der Waals surface area contributed by atoms with Gasteiger partial charge in [-0.05, 0) is 25.1 Å². The molecule has 0 aliphatic carbocycles. The van der Waals surface area contributed by atoms with Gasteiger partial charge in [0.2, 0.25) is 0 Å². The van der Waals surface area contributed by atoms with E-state index in [2.05, 4.69) is 15.9 Å². The monoisotopic (exact) mass is 370 g/mol. The van der Waals surface area contributed by atoms with Crippen molar-refractivity contribution in [1.82, 2.24) is 9.80 Å². The van der Waals surface area contributed by atoms with Crippen molar-refractivity contribution in [2.75, 3.05) is 21.2 Å². The van der Waals surface area contributed by atoms with E-state index in [9.17, 15) is 14.0 Å². The number of likely N-dealkylation sites (N-methyl/N-ethyl adjacent to an activating group) is 1. The molecule has 0 bridgehead atoms. The van der Waals surface area contributed by atoms with Crippen LogP contribution in [-0.4, -0.2) is 43.0 Å². The maximum atomic E-state index is 14.3. The Morgan fingerprint density at radius 1 is 1.36 bits per heavy atom. The zero-order valence-corrected chi connectivity index (χ0v) is 14.3. The third-order valence-corrected chi connectivity index (χ3v) is 4.29. The fourth-order valence-corrected chi connectivity index (χ4v) is 2.90. The summed E-state index contributed by atoms with van der Waals surface area (Å²) in [7, 11) is 4.34. The first-order chi connectivity index (χ1) is 10.3. The number of urea groups is 1. The molecule has 7 heteroatoms. The first kappa shape index (κ1) is 16.5. The van der Waals surface area contributed by atoms with E-state index in [0.29, 0.717) is 10.2 Å². The number of esters is 1. The molecule has 0 saturated carbocycles. The predicted octanol–water partition coefficient (Wildman–Crippen LogP) is 3.07. The van der Waals surface area contributed by atoms with Gasteiger partial charge in [-0.2, -0.15) is 0 Å². The van der Waals surface area contributed by atoms with Crippen LogP contribution < -0.4 is 0 Å². The number of nitrogens with zero attached hydrogens (tertiary/aromatic N) is 2. The van der Waals surface area contributed by atoms with Crippen molar-refractivity contribution < 1.29 is 18.7 Å². The molecule has 0 spiro atoms. The summed E-state index contributed by atoms with van der Waals surface area (Å²) in [5.41, 5.74) is 0.918. The molecule has 0 aromatic heterocycles. The number of hydrogen-bond donors (Lipinski definition) is 0. The maximum absolute atomic E-state index is 14.3.